The van der Waals surface area contributed by atoms with E-state index >= 15 is 0 Å². The highest BCUT2D eigenvalue weighted by Crippen LogP contribution is 2.41. The molecule has 176 valence electrons. The Labute approximate surface area is 209 Å². The van der Waals surface area contributed by atoms with Gasteiger partial charge in [-0.3, -0.25) is 10.4 Å². The first-order valence-electron chi connectivity index (χ1n) is 11.2. The first kappa shape index (κ1) is 22.6. The molecule has 0 fully saturated rings. The number of nitrogens with zero attached hydrogens (tertiary/aromatic N) is 1. The van der Waals surface area contributed by atoms with Crippen LogP contribution in [-0.2, 0) is 0 Å². The third kappa shape index (κ3) is 4.34. The Hall–Kier alpha value is -4.23. The molecule has 0 radical (unpaired) electrons. The molecular formula is C28H25N3O3S. The number of hydrazine groups is 1. The predicted octanol–water partition coefficient (Wildman–Crippen LogP) is 5.86. The van der Waals surface area contributed by atoms with E-state index in [1.54, 1.807) is 14.2 Å². The molecule has 5 rings (SSSR count). The van der Waals surface area contributed by atoms with Crippen LogP contribution in [0.2, 0.25) is 0 Å². The molecule has 1 aliphatic rings. The molecule has 1 atom stereocenters. The smallest absolute Gasteiger partial charge is 0.193 e. The van der Waals surface area contributed by atoms with Crippen LogP contribution in [0.3, 0.4) is 0 Å². The van der Waals surface area contributed by atoms with E-state index in [4.69, 9.17) is 21.7 Å². The van der Waals surface area contributed by atoms with Crippen molar-refractivity contribution in [2.45, 2.75) is 6.04 Å². The Balaban J connectivity index is 1.57. The fourth-order valence-electron chi connectivity index (χ4n) is 4.27. The number of thiocarbonyl (C=S) groups is 1. The van der Waals surface area contributed by atoms with Crippen LogP contribution in [0.4, 0.5) is 5.69 Å². The molecule has 35 heavy (non-hydrogen) atoms. The predicted molar refractivity (Wildman–Crippen MR) is 144 cm³/mol. The zero-order valence-corrected chi connectivity index (χ0v) is 20.2. The van der Waals surface area contributed by atoms with Crippen LogP contribution in [-0.4, -0.2) is 29.4 Å². The van der Waals surface area contributed by atoms with Gasteiger partial charge in [-0.15, -0.1) is 0 Å². The van der Waals surface area contributed by atoms with Crippen molar-refractivity contribution in [3.05, 3.63) is 102 Å². The minimum atomic E-state index is -0.305. The highest BCUT2D eigenvalue weighted by Gasteiger charge is 2.32. The molecule has 1 unspecified atom stereocenters. The van der Waals surface area contributed by atoms with Gasteiger partial charge in [0.2, 0.25) is 0 Å². The molecule has 7 heteroatoms. The topological polar surface area (TPSA) is 66.0 Å². The summed E-state index contributed by atoms with van der Waals surface area (Å²) in [5.74, 6) is 1.58. The molecule has 1 aliphatic heterocycles. The van der Waals surface area contributed by atoms with E-state index in [9.17, 15) is 5.11 Å². The summed E-state index contributed by atoms with van der Waals surface area (Å²) < 4.78 is 11.1. The summed E-state index contributed by atoms with van der Waals surface area (Å²) in [7, 11) is 3.25. The number of benzene rings is 4. The van der Waals surface area contributed by atoms with Crippen molar-refractivity contribution in [1.29, 1.82) is 0 Å². The summed E-state index contributed by atoms with van der Waals surface area (Å²) in [6.07, 6.45) is 2.03. The number of nitrogens with one attached hydrogen (secondary N) is 2. The number of phenolic OH excluding ortho intramolecular Hbond substituents is 1. The summed E-state index contributed by atoms with van der Waals surface area (Å²) >= 11 is 5.80. The van der Waals surface area contributed by atoms with Gasteiger partial charge in [0.15, 0.2) is 5.11 Å². The van der Waals surface area contributed by atoms with E-state index in [1.165, 1.54) is 0 Å². The van der Waals surface area contributed by atoms with Crippen LogP contribution in [0.25, 0.3) is 16.5 Å². The highest BCUT2D eigenvalue weighted by atomic mass is 32.1. The lowest BCUT2D eigenvalue weighted by molar-refractivity contribution is 0.331. The second-order valence-electron chi connectivity index (χ2n) is 8.09. The van der Waals surface area contributed by atoms with Gasteiger partial charge in [0.25, 0.3) is 0 Å². The Bertz CT molecular complexity index is 1420. The minimum absolute atomic E-state index is 0.214. The van der Waals surface area contributed by atoms with E-state index in [1.807, 2.05) is 96.0 Å². The lowest BCUT2D eigenvalue weighted by Gasteiger charge is -2.29. The summed E-state index contributed by atoms with van der Waals surface area (Å²) in [6, 6.07) is 26.8. The summed E-state index contributed by atoms with van der Waals surface area (Å²) in [5.41, 5.74) is 6.61. The minimum Gasteiger partial charge on any atom is -0.507 e. The zero-order chi connectivity index (χ0) is 24.4. The Kier molecular flexibility index (Phi) is 6.16. The highest BCUT2D eigenvalue weighted by molar-refractivity contribution is 7.80. The van der Waals surface area contributed by atoms with Crippen molar-refractivity contribution < 1.29 is 14.6 Å². The SMILES string of the molecule is COc1ccc(C2C=C(c3ccc4ccccc4c3O)NN2C(=S)Nc2ccccc2)c(OC)c1. The van der Waals surface area contributed by atoms with Gasteiger partial charge in [-0.2, -0.15) is 0 Å². The van der Waals surface area contributed by atoms with E-state index in [0.29, 0.717) is 22.2 Å². The molecule has 4 aromatic carbocycles. The van der Waals surface area contributed by atoms with Crippen LogP contribution in [0, 0.1) is 0 Å². The van der Waals surface area contributed by atoms with E-state index in [2.05, 4.69) is 10.7 Å². The standard InChI is InChI=1S/C28H25N3O3S/c1-33-20-13-15-23(26(16-20)34-2)25-17-24(22-14-12-18-8-6-7-11-21(18)27(22)32)30-31(25)28(35)29-19-9-4-3-5-10-19/h3-17,25,30,32H,1-2H3,(H,29,35). The van der Waals surface area contributed by atoms with E-state index in [-0.39, 0.29) is 11.8 Å². The summed E-state index contributed by atoms with van der Waals surface area (Å²) in [6.45, 7) is 0. The average molecular weight is 484 g/mol. The Morgan fingerprint density at radius 1 is 0.943 bits per heavy atom. The molecule has 0 amide bonds. The maximum atomic E-state index is 11.1. The van der Waals surface area contributed by atoms with Crippen LogP contribution in [0.5, 0.6) is 17.2 Å². The molecule has 6 nitrogen and oxygen atoms in total. The number of fused-ring (bicyclic) bond motifs is 1. The van der Waals surface area contributed by atoms with Gasteiger partial charge in [0, 0.05) is 28.3 Å². The van der Waals surface area contributed by atoms with Crippen molar-refractivity contribution in [3.8, 4) is 17.2 Å². The van der Waals surface area contributed by atoms with E-state index < -0.39 is 0 Å². The largest absolute Gasteiger partial charge is 0.507 e. The second kappa shape index (κ2) is 9.56. The normalized spacial score (nSPS) is 14.9. The molecule has 0 bridgehead atoms. The number of methoxy groups -OCH3 is 2. The monoisotopic (exact) mass is 483 g/mol. The number of rotatable bonds is 5. The molecule has 0 saturated heterocycles. The molecule has 1 heterocycles. The van der Waals surface area contributed by atoms with Gasteiger partial charge < -0.3 is 19.9 Å². The maximum Gasteiger partial charge on any atom is 0.193 e. The van der Waals surface area contributed by atoms with Crippen LogP contribution >= 0.6 is 12.2 Å². The third-order valence-corrected chi connectivity index (χ3v) is 6.34. The Morgan fingerprint density at radius 2 is 1.71 bits per heavy atom. The molecule has 0 aliphatic carbocycles. The van der Waals surface area contributed by atoms with Gasteiger partial charge >= 0.3 is 0 Å². The fourth-order valence-corrected chi connectivity index (χ4v) is 4.54. The summed E-state index contributed by atoms with van der Waals surface area (Å²) in [5, 5.41) is 18.5. The molecule has 4 aromatic rings. The number of hydrogen-bond acceptors (Lipinski definition) is 5. The zero-order valence-electron chi connectivity index (χ0n) is 19.4. The van der Waals surface area contributed by atoms with E-state index in [0.717, 1.165) is 27.7 Å². The first-order valence-corrected chi connectivity index (χ1v) is 11.6. The first-order chi connectivity index (χ1) is 17.1. The van der Waals surface area contributed by atoms with Gasteiger partial charge in [-0.1, -0.05) is 48.5 Å². The number of anilines is 1. The molecule has 0 spiro atoms. The molecule has 0 saturated carbocycles. The van der Waals surface area contributed by atoms with Crippen LogP contribution in [0.1, 0.15) is 17.2 Å². The number of ether oxygens (including phenoxy) is 2. The Morgan fingerprint density at radius 3 is 2.49 bits per heavy atom. The van der Waals surface area contributed by atoms with Gasteiger partial charge in [0.1, 0.15) is 23.3 Å². The quantitative estimate of drug-likeness (QED) is 0.307. The number of para-hydroxylation sites is 1. The number of phenols is 1. The van der Waals surface area contributed by atoms with Gasteiger partial charge in [-0.25, -0.2) is 0 Å². The van der Waals surface area contributed by atoms with Gasteiger partial charge in [0.05, 0.1) is 19.9 Å². The van der Waals surface area contributed by atoms with Crippen molar-refractivity contribution in [3.63, 3.8) is 0 Å². The lowest BCUT2D eigenvalue weighted by Crippen LogP contribution is -2.42. The fraction of sp³-hybridized carbons (Fsp3) is 0.107. The van der Waals surface area contributed by atoms with Crippen molar-refractivity contribution in [2.24, 2.45) is 0 Å². The second-order valence-corrected chi connectivity index (χ2v) is 8.48. The van der Waals surface area contributed by atoms with Crippen molar-refractivity contribution in [1.82, 2.24) is 10.4 Å². The molecule has 0 aromatic heterocycles. The maximum absolute atomic E-state index is 11.1. The number of aromatic hydroxyl groups is 1. The molecule has 3 N–H and O–H groups in total. The van der Waals surface area contributed by atoms with Gasteiger partial charge in [-0.05, 0) is 54.0 Å². The van der Waals surface area contributed by atoms with Crippen molar-refractivity contribution >= 4 is 39.5 Å². The molecular weight excluding hydrogens is 458 g/mol. The number of hydrogen-bond donors (Lipinski definition) is 3. The lowest BCUT2D eigenvalue weighted by atomic mass is 10.0. The summed E-state index contributed by atoms with van der Waals surface area (Å²) in [4.78, 5) is 0. The van der Waals surface area contributed by atoms with Crippen LogP contribution in [0.15, 0.2) is 91.0 Å². The van der Waals surface area contributed by atoms with Crippen molar-refractivity contribution in [2.75, 3.05) is 19.5 Å². The van der Waals surface area contributed by atoms with Crippen LogP contribution < -0.4 is 20.2 Å². The average Bonchev–Trinajstić information content (AvgIpc) is 3.34. The third-order valence-electron chi connectivity index (χ3n) is 6.04.